The average Bonchev–Trinajstić information content (AvgIpc) is 3.06. The lowest BCUT2D eigenvalue weighted by Gasteiger charge is -2.17. The molecule has 0 aliphatic heterocycles. The molecule has 3 rings (SSSR count). The predicted molar refractivity (Wildman–Crippen MR) is 89.7 cm³/mol. The topological polar surface area (TPSA) is 68.8 Å². The molecule has 5 nitrogen and oxygen atoms in total. The lowest BCUT2D eigenvalue weighted by molar-refractivity contribution is 0.591. The normalized spacial score (nSPS) is 12.7. The van der Waals surface area contributed by atoms with Crippen LogP contribution >= 0.6 is 23.2 Å². The molecule has 0 radical (unpaired) electrons. The lowest BCUT2D eigenvalue weighted by Crippen LogP contribution is -2.26. The minimum absolute atomic E-state index is 0.0679. The number of likely N-dealkylation sites (N-methyl/N-ethyl adjacent to an activating group) is 1. The van der Waals surface area contributed by atoms with E-state index in [0.717, 1.165) is 16.8 Å². The summed E-state index contributed by atoms with van der Waals surface area (Å²) in [5.41, 5.74) is 8.22. The molecule has 0 aliphatic rings. The van der Waals surface area contributed by atoms with E-state index in [1.807, 2.05) is 29.9 Å². The van der Waals surface area contributed by atoms with Gasteiger partial charge in [-0.3, -0.25) is 0 Å². The van der Waals surface area contributed by atoms with Gasteiger partial charge in [0.1, 0.15) is 0 Å². The molecule has 22 heavy (non-hydrogen) atoms. The van der Waals surface area contributed by atoms with E-state index in [-0.39, 0.29) is 6.04 Å². The van der Waals surface area contributed by atoms with Crippen LogP contribution < -0.4 is 11.1 Å². The van der Waals surface area contributed by atoms with Crippen LogP contribution in [0.25, 0.3) is 16.6 Å². The molecular weight excluding hydrogens is 321 g/mol. The molecule has 1 aromatic carbocycles. The molecule has 0 bridgehead atoms. The number of fused-ring (bicyclic) bond motifs is 1. The van der Waals surface area contributed by atoms with E-state index >= 15 is 0 Å². The van der Waals surface area contributed by atoms with Crippen LogP contribution in [0.4, 0.5) is 0 Å². The number of imidazole rings is 1. The summed E-state index contributed by atoms with van der Waals surface area (Å²) < 4.78 is 1.92. The molecule has 0 fully saturated rings. The minimum atomic E-state index is -0.0679. The van der Waals surface area contributed by atoms with Crippen molar-refractivity contribution in [3.05, 3.63) is 52.7 Å². The summed E-state index contributed by atoms with van der Waals surface area (Å²) in [6, 6.07) is 5.60. The number of hydrogen-bond acceptors (Lipinski definition) is 4. The van der Waals surface area contributed by atoms with Crippen molar-refractivity contribution >= 4 is 34.1 Å². The zero-order valence-electron chi connectivity index (χ0n) is 11.9. The fraction of sp³-hybridized carbons (Fsp3) is 0.200. The third kappa shape index (κ3) is 2.57. The van der Waals surface area contributed by atoms with Gasteiger partial charge in [0, 0.05) is 24.3 Å². The maximum Gasteiger partial charge on any atom is 0.0991 e. The quantitative estimate of drug-likeness (QED) is 0.769. The van der Waals surface area contributed by atoms with Crippen molar-refractivity contribution in [2.75, 3.05) is 13.6 Å². The highest BCUT2D eigenvalue weighted by atomic mass is 35.5. The molecule has 0 saturated heterocycles. The van der Waals surface area contributed by atoms with Gasteiger partial charge in [-0.2, -0.15) is 0 Å². The van der Waals surface area contributed by atoms with E-state index in [1.54, 1.807) is 18.6 Å². The number of nitrogens with zero attached hydrogens (tertiary/aromatic N) is 3. The third-order valence-corrected chi connectivity index (χ3v) is 4.39. The highest BCUT2D eigenvalue weighted by Gasteiger charge is 2.16. The summed E-state index contributed by atoms with van der Waals surface area (Å²) in [4.78, 5) is 8.76. The molecule has 1 atom stereocenters. The SMILES string of the molecule is CNC(CN)c1cc(-n2ccnc2)c2ccc(Cl)c(Cl)c2n1. The third-order valence-electron chi connectivity index (χ3n) is 3.59. The van der Waals surface area contributed by atoms with Crippen LogP contribution in [0.2, 0.25) is 10.0 Å². The molecule has 3 N–H and O–H groups in total. The van der Waals surface area contributed by atoms with E-state index in [9.17, 15) is 0 Å². The van der Waals surface area contributed by atoms with Gasteiger partial charge in [0.25, 0.3) is 0 Å². The smallest absolute Gasteiger partial charge is 0.0991 e. The van der Waals surface area contributed by atoms with E-state index < -0.39 is 0 Å². The number of hydrogen-bond donors (Lipinski definition) is 2. The largest absolute Gasteiger partial charge is 0.329 e. The zero-order valence-corrected chi connectivity index (χ0v) is 13.4. The van der Waals surface area contributed by atoms with Gasteiger partial charge in [0.05, 0.1) is 39.3 Å². The van der Waals surface area contributed by atoms with Gasteiger partial charge in [-0.1, -0.05) is 23.2 Å². The first kappa shape index (κ1) is 15.2. The van der Waals surface area contributed by atoms with Crippen molar-refractivity contribution < 1.29 is 0 Å². The fourth-order valence-corrected chi connectivity index (χ4v) is 2.77. The first-order valence-electron chi connectivity index (χ1n) is 6.80. The van der Waals surface area contributed by atoms with Gasteiger partial charge in [-0.15, -0.1) is 0 Å². The number of aromatic nitrogens is 3. The molecule has 3 aromatic rings. The van der Waals surface area contributed by atoms with Crippen molar-refractivity contribution in [3.8, 4) is 5.69 Å². The van der Waals surface area contributed by atoms with Gasteiger partial charge in [-0.25, -0.2) is 9.97 Å². The Kier molecular flexibility index (Phi) is 4.31. The number of benzene rings is 1. The van der Waals surface area contributed by atoms with Crippen LogP contribution in [0.5, 0.6) is 0 Å². The first-order chi connectivity index (χ1) is 10.7. The van der Waals surface area contributed by atoms with Gasteiger partial charge >= 0.3 is 0 Å². The first-order valence-corrected chi connectivity index (χ1v) is 7.55. The van der Waals surface area contributed by atoms with Crippen molar-refractivity contribution in [1.29, 1.82) is 0 Å². The predicted octanol–water partition coefficient (Wildman–Crippen LogP) is 2.95. The Morgan fingerprint density at radius 3 is 2.82 bits per heavy atom. The van der Waals surface area contributed by atoms with Crippen molar-refractivity contribution in [1.82, 2.24) is 19.9 Å². The Labute approximate surface area is 138 Å². The minimum Gasteiger partial charge on any atom is -0.329 e. The second-order valence-corrected chi connectivity index (χ2v) is 5.66. The lowest BCUT2D eigenvalue weighted by atomic mass is 10.1. The summed E-state index contributed by atoms with van der Waals surface area (Å²) in [6.45, 7) is 0.427. The monoisotopic (exact) mass is 335 g/mol. The highest BCUT2D eigenvalue weighted by molar-refractivity contribution is 6.45. The van der Waals surface area contributed by atoms with E-state index in [2.05, 4.69) is 15.3 Å². The van der Waals surface area contributed by atoms with E-state index in [4.69, 9.17) is 28.9 Å². The van der Waals surface area contributed by atoms with Crippen molar-refractivity contribution in [3.63, 3.8) is 0 Å². The maximum absolute atomic E-state index is 6.35. The number of nitrogens with two attached hydrogens (primary N) is 1. The van der Waals surface area contributed by atoms with Crippen LogP contribution in [0.1, 0.15) is 11.7 Å². The molecule has 1 unspecified atom stereocenters. The highest BCUT2D eigenvalue weighted by Crippen LogP contribution is 2.33. The Hall–Kier alpha value is -1.66. The second-order valence-electron chi connectivity index (χ2n) is 4.87. The Balaban J connectivity index is 2.34. The molecule has 114 valence electrons. The van der Waals surface area contributed by atoms with Gasteiger partial charge < -0.3 is 15.6 Å². The second kappa shape index (κ2) is 6.22. The average molecular weight is 336 g/mol. The number of rotatable bonds is 4. The number of nitrogens with one attached hydrogen (secondary N) is 1. The van der Waals surface area contributed by atoms with Crippen LogP contribution in [0.3, 0.4) is 0 Å². The molecule has 0 saturated carbocycles. The molecule has 0 aliphatic carbocycles. The summed E-state index contributed by atoms with van der Waals surface area (Å²) in [7, 11) is 1.85. The molecule has 2 aromatic heterocycles. The molecule has 0 spiro atoms. The fourth-order valence-electron chi connectivity index (χ4n) is 2.42. The number of pyridine rings is 1. The zero-order chi connectivity index (χ0) is 15.7. The number of halogens is 2. The molecule has 0 amide bonds. The molecule has 2 heterocycles. The van der Waals surface area contributed by atoms with Crippen LogP contribution in [-0.4, -0.2) is 28.1 Å². The van der Waals surface area contributed by atoms with Gasteiger partial charge in [0.15, 0.2) is 0 Å². The van der Waals surface area contributed by atoms with Crippen LogP contribution in [0.15, 0.2) is 36.9 Å². The maximum atomic E-state index is 6.35. The van der Waals surface area contributed by atoms with Gasteiger partial charge in [-0.05, 0) is 25.2 Å². The summed E-state index contributed by atoms with van der Waals surface area (Å²) in [6.07, 6.45) is 5.33. The summed E-state index contributed by atoms with van der Waals surface area (Å²) in [5.74, 6) is 0. The Morgan fingerprint density at radius 1 is 1.36 bits per heavy atom. The van der Waals surface area contributed by atoms with Gasteiger partial charge in [0.2, 0.25) is 0 Å². The summed E-state index contributed by atoms with van der Waals surface area (Å²) in [5, 5.41) is 4.97. The summed E-state index contributed by atoms with van der Waals surface area (Å²) >= 11 is 12.5. The Bertz CT molecular complexity index is 797. The molecular formula is C15H15Cl2N5. The standard InChI is InChI=1S/C15H15Cl2N5/c1-19-12(7-18)11-6-13(22-5-4-20-8-22)9-2-3-10(16)14(17)15(9)21-11/h2-6,8,12,19H,7,18H2,1H3. The molecule has 7 heteroatoms. The Morgan fingerprint density at radius 2 is 2.18 bits per heavy atom. The van der Waals surface area contributed by atoms with Crippen LogP contribution in [0, 0.1) is 0 Å². The van der Waals surface area contributed by atoms with Crippen molar-refractivity contribution in [2.45, 2.75) is 6.04 Å². The van der Waals surface area contributed by atoms with E-state index in [0.29, 0.717) is 22.1 Å². The van der Waals surface area contributed by atoms with Crippen LogP contribution in [-0.2, 0) is 0 Å². The van der Waals surface area contributed by atoms with Crippen molar-refractivity contribution in [2.24, 2.45) is 5.73 Å². The van der Waals surface area contributed by atoms with E-state index in [1.165, 1.54) is 0 Å².